The van der Waals surface area contributed by atoms with Crippen LogP contribution >= 0.6 is 0 Å². The number of hydrogen-bond acceptors (Lipinski definition) is 4. The standard InChI is InChI=1S/C22H34N4O3/c1-2-24-22(25-15-17-6-5-7-18(14-17)21(23)27)26-11-9-19(10-12-26)29-16-20-8-3-4-13-28-20/h5-7,14,19-20H,2-4,8-13,15-16H2,1H3,(H2,23,27)(H,24,25). The van der Waals surface area contributed by atoms with Crippen molar-refractivity contribution in [1.29, 1.82) is 0 Å². The van der Waals surface area contributed by atoms with Crippen LogP contribution in [0.2, 0.25) is 0 Å². The van der Waals surface area contributed by atoms with Crippen LogP contribution in [0.1, 0.15) is 54.9 Å². The minimum Gasteiger partial charge on any atom is -0.376 e. The minimum absolute atomic E-state index is 0.275. The van der Waals surface area contributed by atoms with E-state index >= 15 is 0 Å². The fourth-order valence-electron chi connectivity index (χ4n) is 3.83. The normalized spacial score (nSPS) is 21.2. The van der Waals surface area contributed by atoms with Crippen molar-refractivity contribution >= 4 is 11.9 Å². The van der Waals surface area contributed by atoms with Gasteiger partial charge in [-0.3, -0.25) is 4.79 Å². The van der Waals surface area contributed by atoms with Gasteiger partial charge in [-0.15, -0.1) is 0 Å². The van der Waals surface area contributed by atoms with E-state index in [-0.39, 0.29) is 6.10 Å². The molecule has 0 bridgehead atoms. The average molecular weight is 403 g/mol. The smallest absolute Gasteiger partial charge is 0.248 e. The Morgan fingerprint density at radius 2 is 2.14 bits per heavy atom. The van der Waals surface area contributed by atoms with Crippen molar-refractivity contribution < 1.29 is 14.3 Å². The van der Waals surface area contributed by atoms with Gasteiger partial charge in [0.2, 0.25) is 5.91 Å². The number of guanidine groups is 1. The Morgan fingerprint density at radius 1 is 1.31 bits per heavy atom. The van der Waals surface area contributed by atoms with E-state index in [1.54, 1.807) is 6.07 Å². The molecule has 7 heteroatoms. The molecule has 2 heterocycles. The van der Waals surface area contributed by atoms with Crippen LogP contribution in [-0.2, 0) is 16.0 Å². The molecule has 0 aromatic heterocycles. The molecule has 0 saturated carbocycles. The molecule has 1 unspecified atom stereocenters. The molecule has 2 aliphatic rings. The molecule has 0 radical (unpaired) electrons. The molecule has 2 aliphatic heterocycles. The predicted molar refractivity (Wildman–Crippen MR) is 114 cm³/mol. The maximum atomic E-state index is 11.4. The molecule has 1 aromatic rings. The summed E-state index contributed by atoms with van der Waals surface area (Å²) in [6.45, 7) is 6.83. The van der Waals surface area contributed by atoms with Gasteiger partial charge in [0.15, 0.2) is 5.96 Å². The SMILES string of the molecule is CCNC(=NCc1cccc(C(N)=O)c1)N1CCC(OCC2CCCCO2)CC1. The highest BCUT2D eigenvalue weighted by Gasteiger charge is 2.23. The van der Waals surface area contributed by atoms with Gasteiger partial charge in [-0.2, -0.15) is 0 Å². The van der Waals surface area contributed by atoms with E-state index in [1.165, 1.54) is 12.8 Å². The molecule has 160 valence electrons. The van der Waals surface area contributed by atoms with Crippen LogP contribution in [0.3, 0.4) is 0 Å². The first-order chi connectivity index (χ1) is 14.2. The second-order valence-electron chi connectivity index (χ2n) is 7.74. The number of aliphatic imine (C=N–C) groups is 1. The number of ether oxygens (including phenoxy) is 2. The van der Waals surface area contributed by atoms with Gasteiger partial charge in [0, 0.05) is 31.8 Å². The van der Waals surface area contributed by atoms with Crippen LogP contribution < -0.4 is 11.1 Å². The summed E-state index contributed by atoms with van der Waals surface area (Å²) in [5.74, 6) is 0.495. The Balaban J connectivity index is 1.50. The number of rotatable bonds is 7. The Hall–Kier alpha value is -2.12. The van der Waals surface area contributed by atoms with Crippen LogP contribution in [0.25, 0.3) is 0 Å². The van der Waals surface area contributed by atoms with Crippen molar-refractivity contribution in [1.82, 2.24) is 10.2 Å². The molecular weight excluding hydrogens is 368 g/mol. The lowest BCUT2D eigenvalue weighted by Gasteiger charge is -2.35. The Bertz CT molecular complexity index is 680. The maximum Gasteiger partial charge on any atom is 0.248 e. The van der Waals surface area contributed by atoms with E-state index in [0.29, 0.717) is 18.2 Å². The lowest BCUT2D eigenvalue weighted by molar-refractivity contribution is -0.0721. The monoisotopic (exact) mass is 402 g/mol. The summed E-state index contributed by atoms with van der Waals surface area (Å²) >= 11 is 0. The van der Waals surface area contributed by atoms with Gasteiger partial charge in [0.1, 0.15) is 0 Å². The van der Waals surface area contributed by atoms with E-state index in [4.69, 9.17) is 20.2 Å². The highest BCUT2D eigenvalue weighted by Crippen LogP contribution is 2.18. The first kappa shape index (κ1) is 21.6. The first-order valence-corrected chi connectivity index (χ1v) is 10.8. The van der Waals surface area contributed by atoms with Crippen molar-refractivity contribution in [2.45, 2.75) is 57.8 Å². The predicted octanol–water partition coefficient (Wildman–Crippen LogP) is 2.30. The molecule has 29 heavy (non-hydrogen) atoms. The Morgan fingerprint density at radius 3 is 2.83 bits per heavy atom. The van der Waals surface area contributed by atoms with Crippen molar-refractivity contribution in [3.8, 4) is 0 Å². The number of amides is 1. The number of nitrogens with zero attached hydrogens (tertiary/aromatic N) is 2. The number of benzene rings is 1. The lowest BCUT2D eigenvalue weighted by Crippen LogP contribution is -2.47. The van der Waals surface area contributed by atoms with E-state index < -0.39 is 5.91 Å². The molecule has 3 N–H and O–H groups in total. The van der Waals surface area contributed by atoms with Crippen molar-refractivity contribution in [2.24, 2.45) is 10.7 Å². The van der Waals surface area contributed by atoms with Crippen LogP contribution in [0.15, 0.2) is 29.3 Å². The van der Waals surface area contributed by atoms with Gasteiger partial charge in [0.05, 0.1) is 25.4 Å². The Kier molecular flexibility index (Phi) is 8.31. The molecule has 7 nitrogen and oxygen atoms in total. The zero-order chi connectivity index (χ0) is 20.5. The van der Waals surface area contributed by atoms with Gasteiger partial charge < -0.3 is 25.4 Å². The summed E-state index contributed by atoms with van der Waals surface area (Å²) in [6, 6.07) is 7.34. The van der Waals surface area contributed by atoms with Crippen LogP contribution in [0, 0.1) is 0 Å². The number of carbonyl (C=O) groups is 1. The zero-order valence-electron chi connectivity index (χ0n) is 17.4. The zero-order valence-corrected chi connectivity index (χ0v) is 17.4. The second-order valence-corrected chi connectivity index (χ2v) is 7.74. The number of hydrogen-bond donors (Lipinski definition) is 2. The number of likely N-dealkylation sites (tertiary alicyclic amines) is 1. The fraction of sp³-hybridized carbons (Fsp3) is 0.636. The molecular formula is C22H34N4O3. The van der Waals surface area contributed by atoms with Gasteiger partial charge in [-0.05, 0) is 56.7 Å². The molecule has 1 atom stereocenters. The van der Waals surface area contributed by atoms with E-state index in [0.717, 1.165) is 63.6 Å². The van der Waals surface area contributed by atoms with Gasteiger partial charge >= 0.3 is 0 Å². The molecule has 3 rings (SSSR count). The lowest BCUT2D eigenvalue weighted by atomic mass is 10.1. The average Bonchev–Trinajstić information content (AvgIpc) is 2.76. The topological polar surface area (TPSA) is 89.2 Å². The maximum absolute atomic E-state index is 11.4. The summed E-state index contributed by atoms with van der Waals surface area (Å²) < 4.78 is 11.9. The molecule has 2 fully saturated rings. The quantitative estimate of drug-likeness (QED) is 0.540. The van der Waals surface area contributed by atoms with Crippen molar-refractivity contribution in [3.05, 3.63) is 35.4 Å². The third-order valence-corrected chi connectivity index (χ3v) is 5.49. The van der Waals surface area contributed by atoms with Crippen molar-refractivity contribution in [3.63, 3.8) is 0 Å². The number of nitrogens with one attached hydrogen (secondary N) is 1. The molecule has 2 saturated heterocycles. The highest BCUT2D eigenvalue weighted by molar-refractivity contribution is 5.92. The van der Waals surface area contributed by atoms with Crippen LogP contribution in [0.4, 0.5) is 0 Å². The summed E-state index contributed by atoms with van der Waals surface area (Å²) in [7, 11) is 0. The fourth-order valence-corrected chi connectivity index (χ4v) is 3.83. The van der Waals surface area contributed by atoms with E-state index in [1.807, 2.05) is 18.2 Å². The van der Waals surface area contributed by atoms with Crippen LogP contribution in [0.5, 0.6) is 0 Å². The van der Waals surface area contributed by atoms with Gasteiger partial charge in [-0.25, -0.2) is 4.99 Å². The van der Waals surface area contributed by atoms with Gasteiger partial charge in [-0.1, -0.05) is 12.1 Å². The molecule has 1 amide bonds. The third kappa shape index (κ3) is 6.72. The number of piperidine rings is 1. The number of nitrogens with two attached hydrogens (primary N) is 1. The summed E-state index contributed by atoms with van der Waals surface area (Å²) in [5, 5.41) is 3.38. The number of carbonyl (C=O) groups excluding carboxylic acids is 1. The third-order valence-electron chi connectivity index (χ3n) is 5.49. The minimum atomic E-state index is -0.413. The number of primary amides is 1. The molecule has 0 spiro atoms. The highest BCUT2D eigenvalue weighted by atomic mass is 16.5. The summed E-state index contributed by atoms with van der Waals surface area (Å²) in [5.41, 5.74) is 6.86. The van der Waals surface area contributed by atoms with Crippen molar-refractivity contribution in [2.75, 3.05) is 32.8 Å². The summed E-state index contributed by atoms with van der Waals surface area (Å²) in [4.78, 5) is 18.4. The second kappa shape index (κ2) is 11.2. The Labute approximate surface area is 173 Å². The van der Waals surface area contributed by atoms with Gasteiger partial charge in [0.25, 0.3) is 0 Å². The summed E-state index contributed by atoms with van der Waals surface area (Å²) in [6.07, 6.45) is 6.10. The molecule has 0 aliphatic carbocycles. The van der Waals surface area contributed by atoms with E-state index in [9.17, 15) is 4.79 Å². The molecule has 1 aromatic carbocycles. The first-order valence-electron chi connectivity index (χ1n) is 10.8. The largest absolute Gasteiger partial charge is 0.376 e. The van der Waals surface area contributed by atoms with Crippen LogP contribution in [-0.4, -0.2) is 61.8 Å². The van der Waals surface area contributed by atoms with E-state index in [2.05, 4.69) is 17.1 Å².